The number of para-hydroxylation sites is 1. The number of aliphatic hydroxyl groups is 1. The molecule has 1 unspecified atom stereocenters. The van der Waals surface area contributed by atoms with Crippen molar-refractivity contribution in [2.75, 3.05) is 11.8 Å². The Morgan fingerprint density at radius 2 is 1.66 bits per heavy atom. The number of benzene rings is 3. The van der Waals surface area contributed by atoms with E-state index in [1.165, 1.54) is 48.3 Å². The van der Waals surface area contributed by atoms with E-state index in [1.807, 2.05) is 0 Å². The Bertz CT molecular complexity index is 1510. The lowest BCUT2D eigenvalue weighted by Gasteiger charge is -2.31. The highest BCUT2D eigenvalue weighted by molar-refractivity contribution is 7.92. The maximum atomic E-state index is 14.5. The van der Waals surface area contributed by atoms with Crippen LogP contribution in [-0.2, 0) is 22.7 Å². The number of nitrogens with zero attached hydrogens (tertiary/aromatic N) is 2. The molecule has 0 amide bonds. The van der Waals surface area contributed by atoms with Crippen molar-refractivity contribution in [1.82, 2.24) is 4.57 Å². The molecule has 4 aromatic rings. The highest BCUT2D eigenvalue weighted by Crippen LogP contribution is 2.47. The Morgan fingerprint density at radius 1 is 1.00 bits per heavy atom. The van der Waals surface area contributed by atoms with E-state index in [0.29, 0.717) is 5.52 Å². The van der Waals surface area contributed by atoms with E-state index in [-0.39, 0.29) is 27.1 Å². The van der Waals surface area contributed by atoms with E-state index < -0.39 is 27.4 Å². The third kappa shape index (κ3) is 4.30. The van der Waals surface area contributed by atoms with Crippen LogP contribution in [-0.4, -0.2) is 37.5 Å². The highest BCUT2D eigenvalue weighted by Gasteiger charge is 2.57. The molecule has 0 fully saturated rings. The smallest absolute Gasteiger partial charge is 0.372 e. The zero-order valence-electron chi connectivity index (χ0n) is 18.8. The third-order valence-corrected chi connectivity index (χ3v) is 7.11. The van der Waals surface area contributed by atoms with Crippen molar-refractivity contribution < 1.29 is 26.7 Å². The fourth-order valence-corrected chi connectivity index (χ4v) is 5.14. The zero-order valence-corrected chi connectivity index (χ0v) is 19.6. The number of aliphatic imine (C=N–C) groups is 1. The second kappa shape index (κ2) is 8.86. The Kier molecular flexibility index (Phi) is 6.20. The van der Waals surface area contributed by atoms with Gasteiger partial charge in [-0.2, -0.15) is 13.2 Å². The molecule has 182 valence electrons. The maximum absolute atomic E-state index is 14.5. The van der Waals surface area contributed by atoms with Gasteiger partial charge in [-0.3, -0.25) is 9.71 Å². The summed E-state index contributed by atoms with van der Waals surface area (Å²) >= 11 is 0. The number of hydrogen-bond acceptors (Lipinski definition) is 4. The summed E-state index contributed by atoms with van der Waals surface area (Å²) in [6, 6.07) is 17.4. The number of nitrogens with one attached hydrogen (secondary N) is 1. The number of fused-ring (bicyclic) bond motifs is 1. The zero-order chi connectivity index (χ0) is 25.4. The number of hydrogen-bond donors (Lipinski definition) is 2. The second-order valence-electron chi connectivity index (χ2n) is 7.99. The summed E-state index contributed by atoms with van der Waals surface area (Å²) in [6.45, 7) is 0. The van der Waals surface area contributed by atoms with Gasteiger partial charge in [0.05, 0.1) is 10.6 Å². The van der Waals surface area contributed by atoms with E-state index in [0.717, 1.165) is 12.1 Å². The van der Waals surface area contributed by atoms with E-state index in [9.17, 15) is 26.7 Å². The predicted octanol–water partition coefficient (Wildman–Crippen LogP) is 4.83. The van der Waals surface area contributed by atoms with Crippen LogP contribution in [0.3, 0.4) is 0 Å². The van der Waals surface area contributed by atoms with Gasteiger partial charge in [0, 0.05) is 48.5 Å². The number of aromatic nitrogens is 1. The van der Waals surface area contributed by atoms with Crippen LogP contribution in [0.4, 0.5) is 18.9 Å². The van der Waals surface area contributed by atoms with E-state index >= 15 is 0 Å². The van der Waals surface area contributed by atoms with Gasteiger partial charge in [-0.1, -0.05) is 42.5 Å². The molecule has 0 aliphatic carbocycles. The average Bonchev–Trinajstić information content (AvgIpc) is 3.16. The Balaban J connectivity index is 1.88. The molecule has 1 atom stereocenters. The number of sulfonamides is 1. The van der Waals surface area contributed by atoms with Gasteiger partial charge in [-0.25, -0.2) is 8.42 Å². The van der Waals surface area contributed by atoms with Crippen LogP contribution >= 0.6 is 0 Å². The molecule has 0 saturated carbocycles. The Hall–Kier alpha value is -3.63. The summed E-state index contributed by atoms with van der Waals surface area (Å²) < 4.78 is 73.0. The highest BCUT2D eigenvalue weighted by atomic mass is 32.2. The van der Waals surface area contributed by atoms with Crippen molar-refractivity contribution in [3.05, 3.63) is 95.7 Å². The first-order valence-electron chi connectivity index (χ1n) is 10.5. The quantitative estimate of drug-likeness (QED) is 0.372. The van der Waals surface area contributed by atoms with E-state index in [2.05, 4.69) is 9.71 Å². The van der Waals surface area contributed by atoms with Crippen LogP contribution in [0.5, 0.6) is 0 Å². The molecule has 0 aliphatic rings. The third-order valence-electron chi connectivity index (χ3n) is 5.73. The standard InChI is InChI=1S/C25H22F3N3O3S/c1-29-15-17-14-18(12-13-22(17)30-35(33,34)19-8-4-3-5-9-19)24(32,25(26,27)28)21-16-31(2)23-11-7-6-10-20(21)23/h3-16,30,32H,1-2H3/b29-15-. The monoisotopic (exact) mass is 501 g/mol. The van der Waals surface area contributed by atoms with Gasteiger partial charge in [-0.15, -0.1) is 0 Å². The van der Waals surface area contributed by atoms with Crippen LogP contribution in [0.25, 0.3) is 10.9 Å². The molecule has 1 aromatic heterocycles. The van der Waals surface area contributed by atoms with Gasteiger partial charge < -0.3 is 9.67 Å². The molecule has 10 heteroatoms. The fourth-order valence-electron chi connectivity index (χ4n) is 4.03. The van der Waals surface area contributed by atoms with Gasteiger partial charge in [0.2, 0.25) is 5.60 Å². The first kappa shape index (κ1) is 24.5. The van der Waals surface area contributed by atoms with Gasteiger partial charge in [0.25, 0.3) is 10.0 Å². The van der Waals surface area contributed by atoms with Gasteiger partial charge in [0.1, 0.15) is 0 Å². The second-order valence-corrected chi connectivity index (χ2v) is 9.67. The molecular weight excluding hydrogens is 479 g/mol. The van der Waals surface area contributed by atoms with Crippen LogP contribution in [0.2, 0.25) is 0 Å². The minimum absolute atomic E-state index is 0.00832. The summed E-state index contributed by atoms with van der Waals surface area (Å²) in [6.07, 6.45) is -2.60. The summed E-state index contributed by atoms with van der Waals surface area (Å²) in [7, 11) is -1.01. The topological polar surface area (TPSA) is 83.7 Å². The van der Waals surface area contributed by atoms with Crippen molar-refractivity contribution in [1.29, 1.82) is 0 Å². The molecule has 4 rings (SSSR count). The number of aryl methyl sites for hydroxylation is 1. The van der Waals surface area contributed by atoms with Crippen LogP contribution < -0.4 is 4.72 Å². The van der Waals surface area contributed by atoms with E-state index in [4.69, 9.17) is 0 Å². The largest absolute Gasteiger partial charge is 0.425 e. The number of halogens is 3. The first-order valence-corrected chi connectivity index (χ1v) is 12.0. The van der Waals surface area contributed by atoms with Crippen molar-refractivity contribution >= 4 is 32.8 Å². The minimum atomic E-state index is -5.08. The normalized spacial score (nSPS) is 14.3. The molecule has 6 nitrogen and oxygen atoms in total. The minimum Gasteiger partial charge on any atom is -0.372 e. The molecule has 1 heterocycles. The molecule has 0 aliphatic heterocycles. The summed E-state index contributed by atoms with van der Waals surface area (Å²) in [4.78, 5) is 3.85. The molecule has 0 radical (unpaired) electrons. The predicted molar refractivity (Wildman–Crippen MR) is 129 cm³/mol. The molecular formula is C25H22F3N3O3S. The summed E-state index contributed by atoms with van der Waals surface area (Å²) in [5.41, 5.74) is -3.56. The van der Waals surface area contributed by atoms with Crippen molar-refractivity contribution in [2.24, 2.45) is 12.0 Å². The van der Waals surface area contributed by atoms with Gasteiger partial charge in [-0.05, 0) is 35.9 Å². The molecule has 0 bridgehead atoms. The van der Waals surface area contributed by atoms with Crippen LogP contribution in [0.1, 0.15) is 16.7 Å². The molecule has 2 N–H and O–H groups in total. The maximum Gasteiger partial charge on any atom is 0.425 e. The number of rotatable bonds is 6. The van der Waals surface area contributed by atoms with Crippen LogP contribution in [0, 0.1) is 0 Å². The molecule has 35 heavy (non-hydrogen) atoms. The first-order chi connectivity index (χ1) is 16.5. The summed E-state index contributed by atoms with van der Waals surface area (Å²) in [5, 5.41) is 11.5. The van der Waals surface area contributed by atoms with Crippen LogP contribution in [0.15, 0.2) is 88.9 Å². The van der Waals surface area contributed by atoms with E-state index in [1.54, 1.807) is 43.4 Å². The lowest BCUT2D eigenvalue weighted by atomic mass is 9.84. The van der Waals surface area contributed by atoms with Crippen molar-refractivity contribution in [3.8, 4) is 0 Å². The lowest BCUT2D eigenvalue weighted by molar-refractivity contribution is -0.247. The summed E-state index contributed by atoms with van der Waals surface area (Å²) in [5.74, 6) is 0. The number of anilines is 1. The van der Waals surface area contributed by atoms with Crippen molar-refractivity contribution in [3.63, 3.8) is 0 Å². The molecule has 3 aromatic carbocycles. The van der Waals surface area contributed by atoms with Crippen molar-refractivity contribution in [2.45, 2.75) is 16.7 Å². The fraction of sp³-hybridized carbons (Fsp3) is 0.160. The lowest BCUT2D eigenvalue weighted by Crippen LogP contribution is -2.43. The Morgan fingerprint density at radius 3 is 2.31 bits per heavy atom. The Labute approximate surface area is 200 Å². The average molecular weight is 502 g/mol. The SMILES string of the molecule is C/N=C\c1cc(C(O)(c2cn(C)c3ccccc23)C(F)(F)F)ccc1NS(=O)(=O)c1ccccc1. The number of alkyl halides is 3. The molecule has 0 spiro atoms. The van der Waals surface area contributed by atoms with Gasteiger partial charge in [0.15, 0.2) is 0 Å². The van der Waals surface area contributed by atoms with Gasteiger partial charge >= 0.3 is 6.18 Å². The molecule has 0 saturated heterocycles.